The molecule has 0 aliphatic carbocycles. The quantitative estimate of drug-likeness (QED) is 0.338. The third-order valence-electron chi connectivity index (χ3n) is 5.47. The lowest BCUT2D eigenvalue weighted by Gasteiger charge is -2.26. The van der Waals surface area contributed by atoms with Crippen molar-refractivity contribution in [2.24, 2.45) is 0 Å². The lowest BCUT2D eigenvalue weighted by molar-refractivity contribution is 0.111. The first-order valence-electron chi connectivity index (χ1n) is 11.9. The predicted molar refractivity (Wildman–Crippen MR) is 122 cm³/mol. The van der Waals surface area contributed by atoms with Crippen molar-refractivity contribution in [1.82, 2.24) is 20.9 Å². The van der Waals surface area contributed by atoms with E-state index in [1.165, 1.54) is 50.5 Å². The van der Waals surface area contributed by atoms with Gasteiger partial charge in [-0.15, -0.1) is 0 Å². The zero-order chi connectivity index (χ0) is 20.3. The molecule has 1 saturated heterocycles. The Balaban J connectivity index is 2.27. The van der Waals surface area contributed by atoms with Crippen LogP contribution in [-0.2, 0) is 0 Å². The third kappa shape index (κ3) is 15.5. The van der Waals surface area contributed by atoms with Crippen LogP contribution in [0.25, 0.3) is 0 Å². The van der Waals surface area contributed by atoms with Gasteiger partial charge in [0.15, 0.2) is 0 Å². The lowest BCUT2D eigenvalue weighted by Crippen LogP contribution is -2.39. The summed E-state index contributed by atoms with van der Waals surface area (Å²) in [4.78, 5) is 2.42. The first kappa shape index (κ1) is 25.6. The summed E-state index contributed by atoms with van der Waals surface area (Å²) in [5, 5.41) is 21.2. The van der Waals surface area contributed by atoms with E-state index in [9.17, 15) is 5.11 Å². The van der Waals surface area contributed by atoms with Crippen molar-refractivity contribution < 1.29 is 5.11 Å². The Kier molecular flexibility index (Phi) is 17.0. The fourth-order valence-corrected chi connectivity index (χ4v) is 3.79. The molecule has 1 atom stereocenters. The van der Waals surface area contributed by atoms with Gasteiger partial charge in [0.25, 0.3) is 0 Å². The Bertz CT molecular complexity index is 349. The lowest BCUT2D eigenvalue weighted by atomic mass is 10.0. The molecule has 0 bridgehead atoms. The normalized spacial score (nSPS) is 20.2. The fraction of sp³-hybridized carbons (Fsp3) is 0.913. The van der Waals surface area contributed by atoms with Gasteiger partial charge in [0, 0.05) is 19.6 Å². The summed E-state index contributed by atoms with van der Waals surface area (Å²) in [6.45, 7) is 15.7. The smallest absolute Gasteiger partial charge is 0.0704 e. The maximum absolute atomic E-state index is 10.6. The number of nitrogens with one attached hydrogen (secondary N) is 3. The molecule has 1 aliphatic rings. The van der Waals surface area contributed by atoms with E-state index in [-0.39, 0.29) is 6.10 Å². The monoisotopic (exact) mass is 396 g/mol. The van der Waals surface area contributed by atoms with E-state index in [4.69, 9.17) is 0 Å². The number of unbranched alkanes of at least 4 members (excludes halogenated alkanes) is 4. The van der Waals surface area contributed by atoms with Crippen LogP contribution in [0.5, 0.6) is 0 Å². The number of aliphatic hydroxyl groups is 1. The SMILES string of the molecule is C=C(CCCCCCC)CC(O)CN1CCCNCCCNCCCNCC1. The van der Waals surface area contributed by atoms with Gasteiger partial charge in [0.05, 0.1) is 6.10 Å². The van der Waals surface area contributed by atoms with Gasteiger partial charge in [-0.1, -0.05) is 44.8 Å². The molecule has 1 heterocycles. The Morgan fingerprint density at radius 3 is 2.14 bits per heavy atom. The van der Waals surface area contributed by atoms with Crippen molar-refractivity contribution in [2.75, 3.05) is 58.9 Å². The molecule has 0 aromatic rings. The largest absolute Gasteiger partial charge is 0.391 e. The van der Waals surface area contributed by atoms with Gasteiger partial charge in [-0.25, -0.2) is 0 Å². The van der Waals surface area contributed by atoms with Crippen molar-refractivity contribution in [2.45, 2.75) is 77.2 Å². The molecule has 1 rings (SSSR count). The van der Waals surface area contributed by atoms with Crippen LogP contribution in [0.3, 0.4) is 0 Å². The molecule has 0 spiro atoms. The molecule has 0 saturated carbocycles. The number of β-amino-alcohol motifs (C(OH)–C–C–N with tert-alkyl or cyclic N) is 1. The Morgan fingerprint density at radius 1 is 0.857 bits per heavy atom. The second-order valence-corrected chi connectivity index (χ2v) is 8.38. The second kappa shape index (κ2) is 18.6. The van der Waals surface area contributed by atoms with E-state index in [1.807, 2.05) is 0 Å². The second-order valence-electron chi connectivity index (χ2n) is 8.38. The third-order valence-corrected chi connectivity index (χ3v) is 5.47. The van der Waals surface area contributed by atoms with E-state index in [1.54, 1.807) is 0 Å². The van der Waals surface area contributed by atoms with E-state index in [0.29, 0.717) is 0 Å². The minimum Gasteiger partial charge on any atom is -0.391 e. The van der Waals surface area contributed by atoms with Crippen LogP contribution in [0.4, 0.5) is 0 Å². The molecule has 166 valence electrons. The fourth-order valence-electron chi connectivity index (χ4n) is 3.79. The summed E-state index contributed by atoms with van der Waals surface area (Å²) in [6, 6.07) is 0. The van der Waals surface area contributed by atoms with Crippen molar-refractivity contribution in [3.8, 4) is 0 Å². The summed E-state index contributed by atoms with van der Waals surface area (Å²) < 4.78 is 0. The van der Waals surface area contributed by atoms with Crippen LogP contribution in [0.15, 0.2) is 12.2 Å². The van der Waals surface area contributed by atoms with Crippen LogP contribution in [0.2, 0.25) is 0 Å². The molecule has 0 aromatic heterocycles. The summed E-state index contributed by atoms with van der Waals surface area (Å²) >= 11 is 0. The van der Waals surface area contributed by atoms with Gasteiger partial charge < -0.3 is 21.1 Å². The summed E-state index contributed by atoms with van der Waals surface area (Å²) in [5.41, 5.74) is 1.22. The minimum atomic E-state index is -0.289. The molecule has 5 heteroatoms. The average molecular weight is 397 g/mol. The van der Waals surface area contributed by atoms with Crippen molar-refractivity contribution in [3.05, 3.63) is 12.2 Å². The van der Waals surface area contributed by atoms with Gasteiger partial charge in [-0.3, -0.25) is 4.90 Å². The van der Waals surface area contributed by atoms with Gasteiger partial charge in [0.2, 0.25) is 0 Å². The standard InChI is InChI=1S/C23H48N4O/c1-3-4-5-6-7-11-22(2)20-23(28)21-27-18-10-16-25-14-8-12-24-13-9-15-26-17-19-27/h23-26,28H,2-21H2,1H3. The summed E-state index contributed by atoms with van der Waals surface area (Å²) in [5.74, 6) is 0. The molecule has 1 fully saturated rings. The van der Waals surface area contributed by atoms with Crippen LogP contribution in [-0.4, -0.2) is 75.0 Å². The molecule has 0 amide bonds. The van der Waals surface area contributed by atoms with Crippen LogP contribution in [0.1, 0.15) is 71.1 Å². The minimum absolute atomic E-state index is 0.289. The number of hydrogen-bond donors (Lipinski definition) is 4. The molecule has 28 heavy (non-hydrogen) atoms. The summed E-state index contributed by atoms with van der Waals surface area (Å²) in [7, 11) is 0. The Morgan fingerprint density at radius 2 is 1.46 bits per heavy atom. The Labute approximate surface area is 174 Å². The van der Waals surface area contributed by atoms with Crippen LogP contribution in [0, 0.1) is 0 Å². The molecule has 1 unspecified atom stereocenters. The highest BCUT2D eigenvalue weighted by Crippen LogP contribution is 2.14. The molecule has 4 N–H and O–H groups in total. The molecule has 0 radical (unpaired) electrons. The predicted octanol–water partition coefficient (Wildman–Crippen LogP) is 2.91. The number of hydrogen-bond acceptors (Lipinski definition) is 5. The molecular weight excluding hydrogens is 348 g/mol. The van der Waals surface area contributed by atoms with Gasteiger partial charge in [0.1, 0.15) is 0 Å². The van der Waals surface area contributed by atoms with Crippen LogP contribution >= 0.6 is 0 Å². The zero-order valence-corrected chi connectivity index (χ0v) is 18.6. The highest BCUT2D eigenvalue weighted by molar-refractivity contribution is 4.96. The number of rotatable bonds is 10. The summed E-state index contributed by atoms with van der Waals surface area (Å²) in [6.07, 6.45) is 11.5. The maximum Gasteiger partial charge on any atom is 0.0704 e. The first-order chi connectivity index (χ1) is 13.7. The van der Waals surface area contributed by atoms with Gasteiger partial charge in [-0.05, 0) is 77.8 Å². The highest BCUT2D eigenvalue weighted by Gasteiger charge is 2.13. The van der Waals surface area contributed by atoms with E-state index >= 15 is 0 Å². The molecule has 0 aromatic carbocycles. The zero-order valence-electron chi connectivity index (χ0n) is 18.6. The van der Waals surface area contributed by atoms with Crippen molar-refractivity contribution in [3.63, 3.8) is 0 Å². The van der Waals surface area contributed by atoms with E-state index < -0.39 is 0 Å². The molecule has 1 aliphatic heterocycles. The van der Waals surface area contributed by atoms with Gasteiger partial charge in [-0.2, -0.15) is 0 Å². The van der Waals surface area contributed by atoms with Crippen LogP contribution < -0.4 is 16.0 Å². The van der Waals surface area contributed by atoms with Crippen molar-refractivity contribution in [1.29, 1.82) is 0 Å². The number of aliphatic hydroxyl groups excluding tert-OH is 1. The van der Waals surface area contributed by atoms with Gasteiger partial charge >= 0.3 is 0 Å². The molecule has 5 nitrogen and oxygen atoms in total. The first-order valence-corrected chi connectivity index (χ1v) is 11.9. The maximum atomic E-state index is 10.6. The van der Waals surface area contributed by atoms with E-state index in [0.717, 1.165) is 78.2 Å². The van der Waals surface area contributed by atoms with Crippen molar-refractivity contribution >= 4 is 0 Å². The topological polar surface area (TPSA) is 59.6 Å². The Hall–Kier alpha value is -0.460. The highest BCUT2D eigenvalue weighted by atomic mass is 16.3. The molecular formula is C23H48N4O. The van der Waals surface area contributed by atoms with E-state index in [2.05, 4.69) is 34.4 Å². The number of nitrogens with zero attached hydrogens (tertiary/aromatic N) is 1. The average Bonchev–Trinajstić information content (AvgIpc) is 2.68.